The van der Waals surface area contributed by atoms with E-state index >= 15 is 4.39 Å². The SMILES string of the molecule is N[C@@H]1CCN2c3c(F)cc4c(=O)c(C(=O)O)cn(C5CC5)c4c3COC[C@H]12.O=CC(F)(F)F. The summed E-state index contributed by atoms with van der Waals surface area (Å²) in [5.74, 6) is -1.82. The lowest BCUT2D eigenvalue weighted by molar-refractivity contribution is -0.156. The number of carboxylic acid groups (broad SMARTS) is 1. The van der Waals surface area contributed by atoms with Gasteiger partial charge in [-0.1, -0.05) is 0 Å². The van der Waals surface area contributed by atoms with E-state index in [9.17, 15) is 27.9 Å². The number of carboxylic acids is 1. The number of anilines is 1. The van der Waals surface area contributed by atoms with Gasteiger partial charge in [-0.05, 0) is 25.3 Å². The van der Waals surface area contributed by atoms with Crippen LogP contribution in [0.2, 0.25) is 0 Å². The zero-order valence-electron chi connectivity index (χ0n) is 17.3. The number of nitrogens with zero attached hydrogens (tertiary/aromatic N) is 2. The van der Waals surface area contributed by atoms with E-state index in [2.05, 4.69) is 0 Å². The number of carbonyl (C=O) groups excluding carboxylic acids is 1. The number of carbonyl (C=O) groups is 2. The van der Waals surface area contributed by atoms with Gasteiger partial charge in [-0.15, -0.1) is 0 Å². The molecule has 2 atom stereocenters. The predicted octanol–water partition coefficient (Wildman–Crippen LogP) is 2.36. The third-order valence-corrected chi connectivity index (χ3v) is 6.06. The van der Waals surface area contributed by atoms with Crippen LogP contribution in [-0.4, -0.2) is 53.3 Å². The van der Waals surface area contributed by atoms with Crippen LogP contribution in [0.25, 0.3) is 10.9 Å². The lowest BCUT2D eigenvalue weighted by atomic mass is 10.0. The van der Waals surface area contributed by atoms with Crippen molar-refractivity contribution < 1.29 is 37.0 Å². The summed E-state index contributed by atoms with van der Waals surface area (Å²) in [6.45, 7) is 1.20. The molecule has 0 amide bonds. The normalized spacial score (nSPS) is 22.2. The fourth-order valence-electron chi connectivity index (χ4n) is 4.45. The maximum atomic E-state index is 15.2. The summed E-state index contributed by atoms with van der Waals surface area (Å²) in [5, 5.41) is 9.50. The Balaban J connectivity index is 0.000000385. The Morgan fingerprint density at radius 2 is 1.94 bits per heavy atom. The van der Waals surface area contributed by atoms with Crippen molar-refractivity contribution in [2.75, 3.05) is 18.1 Å². The average Bonchev–Trinajstić information content (AvgIpc) is 3.55. The first-order valence-corrected chi connectivity index (χ1v) is 10.3. The molecule has 2 fully saturated rings. The number of hydrogen-bond acceptors (Lipinski definition) is 6. The van der Waals surface area contributed by atoms with Gasteiger partial charge in [0.15, 0.2) is 0 Å². The van der Waals surface area contributed by atoms with Crippen molar-refractivity contribution in [2.24, 2.45) is 5.73 Å². The van der Waals surface area contributed by atoms with E-state index in [4.69, 9.17) is 15.3 Å². The highest BCUT2D eigenvalue weighted by Crippen LogP contribution is 2.42. The van der Waals surface area contributed by atoms with E-state index in [0.717, 1.165) is 19.3 Å². The molecule has 33 heavy (non-hydrogen) atoms. The monoisotopic (exact) mass is 471 g/mol. The predicted molar refractivity (Wildman–Crippen MR) is 109 cm³/mol. The Labute approximate surface area is 184 Å². The van der Waals surface area contributed by atoms with Crippen LogP contribution in [0.1, 0.15) is 41.2 Å². The topological polar surface area (TPSA) is 115 Å². The Bertz CT molecular complexity index is 1180. The Morgan fingerprint density at radius 1 is 1.27 bits per heavy atom. The third-order valence-electron chi connectivity index (χ3n) is 6.06. The van der Waals surface area contributed by atoms with Gasteiger partial charge < -0.3 is 25.0 Å². The van der Waals surface area contributed by atoms with E-state index in [1.165, 1.54) is 12.3 Å². The zero-order valence-corrected chi connectivity index (χ0v) is 17.3. The van der Waals surface area contributed by atoms with Crippen LogP contribution < -0.4 is 16.1 Å². The van der Waals surface area contributed by atoms with Crippen molar-refractivity contribution in [3.05, 3.63) is 39.4 Å². The fourth-order valence-corrected chi connectivity index (χ4v) is 4.45. The molecule has 3 aliphatic rings. The van der Waals surface area contributed by atoms with Gasteiger partial charge in [-0.2, -0.15) is 13.2 Å². The maximum absolute atomic E-state index is 15.2. The van der Waals surface area contributed by atoms with Crippen molar-refractivity contribution in [3.63, 3.8) is 0 Å². The van der Waals surface area contributed by atoms with E-state index in [1.807, 2.05) is 9.47 Å². The molecule has 1 saturated carbocycles. The highest BCUT2D eigenvalue weighted by atomic mass is 19.4. The Morgan fingerprint density at radius 3 is 2.52 bits per heavy atom. The number of alkyl halides is 3. The molecule has 1 aromatic heterocycles. The molecule has 3 N–H and O–H groups in total. The summed E-state index contributed by atoms with van der Waals surface area (Å²) < 4.78 is 54.1. The molecule has 8 nitrogen and oxygen atoms in total. The molecular weight excluding hydrogens is 450 g/mol. The zero-order chi connectivity index (χ0) is 24.1. The van der Waals surface area contributed by atoms with Crippen molar-refractivity contribution in [1.29, 1.82) is 0 Å². The average molecular weight is 471 g/mol. The number of aldehydes is 1. The summed E-state index contributed by atoms with van der Waals surface area (Å²) in [6, 6.07) is 1.12. The van der Waals surface area contributed by atoms with Crippen LogP contribution in [0.15, 0.2) is 17.1 Å². The number of hydrogen-bond donors (Lipinski definition) is 2. The van der Waals surface area contributed by atoms with Crippen molar-refractivity contribution >= 4 is 28.8 Å². The lowest BCUT2D eigenvalue weighted by Gasteiger charge is -2.28. The molecule has 12 heteroatoms. The van der Waals surface area contributed by atoms with E-state index < -0.39 is 29.7 Å². The van der Waals surface area contributed by atoms with Gasteiger partial charge in [-0.25, -0.2) is 9.18 Å². The molecule has 0 unspecified atom stereocenters. The van der Waals surface area contributed by atoms with Gasteiger partial charge in [0.1, 0.15) is 11.4 Å². The second-order valence-electron chi connectivity index (χ2n) is 8.29. The van der Waals surface area contributed by atoms with Crippen LogP contribution in [0, 0.1) is 5.82 Å². The fraction of sp³-hybridized carbons (Fsp3) is 0.476. The van der Waals surface area contributed by atoms with Crippen LogP contribution in [0.3, 0.4) is 0 Å². The largest absolute Gasteiger partial charge is 0.477 e. The molecule has 0 spiro atoms. The first-order valence-electron chi connectivity index (χ1n) is 10.3. The molecule has 178 valence electrons. The number of ether oxygens (including phenoxy) is 1. The number of fused-ring (bicyclic) bond motifs is 5. The summed E-state index contributed by atoms with van der Waals surface area (Å²) in [7, 11) is 0. The van der Waals surface area contributed by atoms with E-state index in [1.54, 1.807) is 0 Å². The molecular formula is C21H21F4N3O5. The van der Waals surface area contributed by atoms with Crippen molar-refractivity contribution in [2.45, 2.75) is 50.2 Å². The Hall–Kier alpha value is -2.99. The molecule has 3 heterocycles. The van der Waals surface area contributed by atoms with Crippen molar-refractivity contribution in [1.82, 2.24) is 4.57 Å². The molecule has 0 bridgehead atoms. The number of pyridine rings is 1. The van der Waals surface area contributed by atoms with Gasteiger partial charge in [0.2, 0.25) is 11.7 Å². The number of rotatable bonds is 2. The van der Waals surface area contributed by atoms with Gasteiger partial charge in [0.25, 0.3) is 0 Å². The maximum Gasteiger partial charge on any atom is 0.446 e. The number of aromatic nitrogens is 1. The molecule has 2 aromatic rings. The van der Waals surface area contributed by atoms with E-state index in [-0.39, 0.29) is 35.7 Å². The van der Waals surface area contributed by atoms with Crippen molar-refractivity contribution in [3.8, 4) is 0 Å². The van der Waals surface area contributed by atoms with Gasteiger partial charge in [-0.3, -0.25) is 9.59 Å². The van der Waals surface area contributed by atoms with Gasteiger partial charge in [0.05, 0.1) is 30.5 Å². The number of benzene rings is 1. The highest BCUT2D eigenvalue weighted by Gasteiger charge is 2.38. The first kappa shape index (κ1) is 23.2. The van der Waals surface area contributed by atoms with Crippen LogP contribution in [-0.2, 0) is 16.1 Å². The first-order chi connectivity index (χ1) is 15.5. The summed E-state index contributed by atoms with van der Waals surface area (Å²) in [4.78, 5) is 34.9. The minimum Gasteiger partial charge on any atom is -0.477 e. The minimum atomic E-state index is -4.64. The third kappa shape index (κ3) is 4.32. The smallest absolute Gasteiger partial charge is 0.446 e. The summed E-state index contributed by atoms with van der Waals surface area (Å²) in [6.07, 6.45) is -1.74. The minimum absolute atomic E-state index is 0.0916. The van der Waals surface area contributed by atoms with E-state index in [0.29, 0.717) is 29.9 Å². The standard InChI is InChI=1S/C19H20FN3O4.C2HF3O/c20-13-5-10-16(23(9-1-2-9)6-11(18(10)24)19(25)26)12-7-27-8-15-14(21)3-4-22(15)17(12)13;3-2(4,5)1-6/h5-6,9,14-15H,1-4,7-8,21H2,(H,25,26);1H/t14-,15-;/m1./s1. The quantitative estimate of drug-likeness (QED) is 0.511. The van der Waals surface area contributed by atoms with Gasteiger partial charge >= 0.3 is 12.1 Å². The number of halogens is 4. The van der Waals surface area contributed by atoms with Gasteiger partial charge in [0, 0.05) is 35.8 Å². The van der Waals surface area contributed by atoms with Crippen LogP contribution in [0.4, 0.5) is 23.2 Å². The molecule has 1 aliphatic carbocycles. The molecule has 0 radical (unpaired) electrons. The summed E-state index contributed by atoms with van der Waals surface area (Å²) >= 11 is 0. The highest BCUT2D eigenvalue weighted by molar-refractivity contribution is 5.95. The molecule has 2 aliphatic heterocycles. The van der Waals surface area contributed by atoms with Crippen LogP contribution >= 0.6 is 0 Å². The number of aromatic carboxylic acids is 1. The Kier molecular flexibility index (Phi) is 5.91. The number of nitrogens with two attached hydrogens (primary N) is 1. The molecule has 5 rings (SSSR count). The molecule has 1 aromatic carbocycles. The second kappa shape index (κ2) is 8.41. The second-order valence-corrected chi connectivity index (χ2v) is 8.29. The van der Waals surface area contributed by atoms with Crippen LogP contribution in [0.5, 0.6) is 0 Å². The molecule has 1 saturated heterocycles. The lowest BCUT2D eigenvalue weighted by Crippen LogP contribution is -2.42. The summed E-state index contributed by atoms with van der Waals surface area (Å²) in [5.41, 5.74) is 6.83.